The van der Waals surface area contributed by atoms with Gasteiger partial charge in [-0.3, -0.25) is 0 Å². The number of ether oxygens (including phenoxy) is 2. The van der Waals surface area contributed by atoms with Crippen molar-refractivity contribution in [2.45, 2.75) is 11.0 Å². The zero-order valence-corrected chi connectivity index (χ0v) is 18.8. The highest BCUT2D eigenvalue weighted by molar-refractivity contribution is 9.10. The van der Waals surface area contributed by atoms with Crippen molar-refractivity contribution < 1.29 is 13.9 Å². The lowest BCUT2D eigenvalue weighted by molar-refractivity contribution is 0.395. The quantitative estimate of drug-likeness (QED) is 0.297. The second kappa shape index (κ2) is 8.98. The van der Waals surface area contributed by atoms with E-state index >= 15 is 0 Å². The minimum atomic E-state index is 0.496. The van der Waals surface area contributed by atoms with Crippen molar-refractivity contribution >= 4 is 39.0 Å². The molecule has 0 aliphatic carbocycles. The molecule has 0 aliphatic rings. The molecule has 0 fully saturated rings. The Morgan fingerprint density at radius 1 is 1.10 bits per heavy atom. The molecule has 29 heavy (non-hydrogen) atoms. The molecule has 0 unspecified atom stereocenters. The van der Waals surface area contributed by atoms with Gasteiger partial charge in [-0.2, -0.15) is 0 Å². The summed E-state index contributed by atoms with van der Waals surface area (Å²) in [6, 6.07) is 13.5. The molecule has 0 radical (unpaired) electrons. The van der Waals surface area contributed by atoms with Crippen LogP contribution in [0.4, 0.5) is 0 Å². The molecule has 2 aromatic carbocycles. The summed E-state index contributed by atoms with van der Waals surface area (Å²) >= 11 is 6.48. The highest BCUT2D eigenvalue weighted by Crippen LogP contribution is 2.36. The van der Waals surface area contributed by atoms with Gasteiger partial charge in [-0.05, 0) is 30.3 Å². The number of hydrogen-bond acceptors (Lipinski definition) is 8. The van der Waals surface area contributed by atoms with Gasteiger partial charge in [-0.1, -0.05) is 33.8 Å². The van der Waals surface area contributed by atoms with E-state index in [2.05, 4.69) is 26.1 Å². The van der Waals surface area contributed by atoms with Crippen LogP contribution in [0.2, 0.25) is 0 Å². The van der Waals surface area contributed by atoms with E-state index in [9.17, 15) is 0 Å². The summed E-state index contributed by atoms with van der Waals surface area (Å²) in [6.45, 7) is 0. The van der Waals surface area contributed by atoms with Gasteiger partial charge in [0.15, 0.2) is 0 Å². The number of aromatic nitrogens is 3. The molecule has 0 spiro atoms. The van der Waals surface area contributed by atoms with Crippen LogP contribution in [0.25, 0.3) is 22.0 Å². The Bertz CT molecular complexity index is 1130. The molecule has 148 valence electrons. The fourth-order valence-corrected chi connectivity index (χ4v) is 4.62. The van der Waals surface area contributed by atoms with Crippen LogP contribution >= 0.6 is 39.0 Å². The summed E-state index contributed by atoms with van der Waals surface area (Å²) in [5.74, 6) is 2.61. The Balaban J connectivity index is 1.45. The first-order valence-corrected chi connectivity index (χ1v) is 11.2. The van der Waals surface area contributed by atoms with Gasteiger partial charge < -0.3 is 13.9 Å². The molecule has 0 bridgehead atoms. The van der Waals surface area contributed by atoms with Gasteiger partial charge >= 0.3 is 0 Å². The molecule has 6 nitrogen and oxygen atoms in total. The van der Waals surface area contributed by atoms with Crippen LogP contribution < -0.4 is 9.47 Å². The first kappa shape index (κ1) is 19.9. The normalized spacial score (nSPS) is 10.9. The average molecular weight is 490 g/mol. The van der Waals surface area contributed by atoms with Crippen molar-refractivity contribution in [3.05, 3.63) is 58.0 Å². The molecule has 0 N–H and O–H groups in total. The SMILES string of the molecule is COc1ccc(-c2nc(CSc3nnc(-c4cccc(Br)c4)o3)cs2)c(OC)c1. The number of halogens is 1. The Hall–Kier alpha value is -2.36. The molecule has 2 aromatic heterocycles. The van der Waals surface area contributed by atoms with Gasteiger partial charge in [-0.25, -0.2) is 4.98 Å². The zero-order chi connectivity index (χ0) is 20.2. The predicted molar refractivity (Wildman–Crippen MR) is 118 cm³/mol. The largest absolute Gasteiger partial charge is 0.497 e. The van der Waals surface area contributed by atoms with Crippen LogP contribution in [0.3, 0.4) is 0 Å². The van der Waals surface area contributed by atoms with Gasteiger partial charge in [0.25, 0.3) is 5.22 Å². The third-order valence-corrected chi connectivity index (χ3v) is 6.28. The van der Waals surface area contributed by atoms with Crippen LogP contribution in [0, 0.1) is 0 Å². The van der Waals surface area contributed by atoms with Crippen molar-refractivity contribution in [3.8, 4) is 33.5 Å². The van der Waals surface area contributed by atoms with Crippen molar-refractivity contribution in [3.63, 3.8) is 0 Å². The van der Waals surface area contributed by atoms with E-state index in [1.54, 1.807) is 25.6 Å². The van der Waals surface area contributed by atoms with Crippen molar-refractivity contribution in [2.75, 3.05) is 14.2 Å². The van der Waals surface area contributed by atoms with Gasteiger partial charge in [0.1, 0.15) is 16.5 Å². The second-order valence-electron chi connectivity index (χ2n) is 5.88. The molecule has 0 aliphatic heterocycles. The summed E-state index contributed by atoms with van der Waals surface area (Å²) in [5, 5.41) is 11.7. The molecule has 9 heteroatoms. The molecular weight excluding hydrogens is 474 g/mol. The monoisotopic (exact) mass is 489 g/mol. The number of thioether (sulfide) groups is 1. The first-order valence-electron chi connectivity index (χ1n) is 8.55. The number of nitrogens with zero attached hydrogens (tertiary/aromatic N) is 3. The molecule has 4 aromatic rings. The van der Waals surface area contributed by atoms with Gasteiger partial charge in [0, 0.05) is 27.2 Å². The fourth-order valence-electron chi connectivity index (χ4n) is 2.61. The van der Waals surface area contributed by atoms with Crippen LogP contribution in [0.1, 0.15) is 5.69 Å². The maximum Gasteiger partial charge on any atom is 0.277 e. The molecule has 2 heterocycles. The minimum Gasteiger partial charge on any atom is -0.497 e. The van der Waals surface area contributed by atoms with Gasteiger partial charge in [0.2, 0.25) is 5.89 Å². The summed E-state index contributed by atoms with van der Waals surface area (Å²) in [4.78, 5) is 4.72. The first-order chi connectivity index (χ1) is 14.2. The summed E-state index contributed by atoms with van der Waals surface area (Å²) in [6.07, 6.45) is 0. The van der Waals surface area contributed by atoms with E-state index < -0.39 is 0 Å². The lowest BCUT2D eigenvalue weighted by Gasteiger charge is -2.08. The lowest BCUT2D eigenvalue weighted by atomic mass is 10.2. The molecule has 4 rings (SSSR count). The maximum atomic E-state index is 5.76. The highest BCUT2D eigenvalue weighted by Gasteiger charge is 2.14. The Morgan fingerprint density at radius 2 is 2.00 bits per heavy atom. The highest BCUT2D eigenvalue weighted by atomic mass is 79.9. The van der Waals surface area contributed by atoms with E-state index in [4.69, 9.17) is 18.9 Å². The number of methoxy groups -OCH3 is 2. The smallest absolute Gasteiger partial charge is 0.277 e. The Morgan fingerprint density at radius 3 is 2.79 bits per heavy atom. The number of hydrogen-bond donors (Lipinski definition) is 0. The van der Waals surface area contributed by atoms with E-state index in [0.29, 0.717) is 16.9 Å². The summed E-state index contributed by atoms with van der Waals surface area (Å²) in [5.41, 5.74) is 2.75. The topological polar surface area (TPSA) is 70.3 Å². The van der Waals surface area contributed by atoms with Gasteiger partial charge in [0.05, 0.1) is 25.5 Å². The fraction of sp³-hybridized carbons (Fsp3) is 0.150. The molecular formula is C20H16BrN3O3S2. The van der Waals surface area contributed by atoms with Crippen LogP contribution in [0.15, 0.2) is 62.0 Å². The van der Waals surface area contributed by atoms with E-state index in [1.165, 1.54) is 11.8 Å². The van der Waals surface area contributed by atoms with E-state index in [-0.39, 0.29) is 0 Å². The minimum absolute atomic E-state index is 0.496. The van der Waals surface area contributed by atoms with Crippen LogP contribution in [-0.2, 0) is 5.75 Å². The standard InChI is InChI=1S/C20H16BrN3O3S2/c1-25-15-6-7-16(17(9-15)26-2)19-22-14(10-28-19)11-29-20-24-23-18(27-20)12-4-3-5-13(21)8-12/h3-10H,11H2,1-2H3. The Kier molecular flexibility index (Phi) is 6.17. The van der Waals surface area contributed by atoms with E-state index in [0.717, 1.165) is 37.8 Å². The van der Waals surface area contributed by atoms with Crippen LogP contribution in [0.5, 0.6) is 11.5 Å². The predicted octanol–water partition coefficient (Wildman–Crippen LogP) is 5.93. The third-order valence-electron chi connectivity index (χ3n) is 4.01. The maximum absolute atomic E-state index is 5.76. The van der Waals surface area contributed by atoms with Crippen LogP contribution in [-0.4, -0.2) is 29.4 Å². The third kappa shape index (κ3) is 4.63. The van der Waals surface area contributed by atoms with Gasteiger partial charge in [-0.15, -0.1) is 21.5 Å². The molecule has 0 amide bonds. The molecule has 0 saturated heterocycles. The lowest BCUT2D eigenvalue weighted by Crippen LogP contribution is -1.90. The second-order valence-corrected chi connectivity index (χ2v) is 8.58. The van der Waals surface area contributed by atoms with Crippen molar-refractivity contribution in [1.82, 2.24) is 15.2 Å². The van der Waals surface area contributed by atoms with Crippen molar-refractivity contribution in [2.24, 2.45) is 0 Å². The van der Waals surface area contributed by atoms with E-state index in [1.807, 2.05) is 47.8 Å². The van der Waals surface area contributed by atoms with Crippen molar-refractivity contribution in [1.29, 1.82) is 0 Å². The molecule has 0 saturated carbocycles. The Labute approximate surface area is 184 Å². The summed E-state index contributed by atoms with van der Waals surface area (Å²) in [7, 11) is 3.27. The summed E-state index contributed by atoms with van der Waals surface area (Å²) < 4.78 is 17.5. The number of rotatable bonds is 7. The molecule has 0 atom stereocenters. The number of benzene rings is 2. The average Bonchev–Trinajstić information content (AvgIpc) is 3.41. The number of thiazole rings is 1. The zero-order valence-electron chi connectivity index (χ0n) is 15.6.